The quantitative estimate of drug-likeness (QED) is 0.305. The van der Waals surface area contributed by atoms with Crippen molar-refractivity contribution in [3.05, 3.63) is 92.6 Å². The second kappa shape index (κ2) is 10.7. The maximum atomic E-state index is 13.2. The van der Waals surface area contributed by atoms with Gasteiger partial charge in [-0.3, -0.25) is 4.79 Å². The number of nitrogens with one attached hydrogen (secondary N) is 2. The van der Waals surface area contributed by atoms with Gasteiger partial charge in [0.1, 0.15) is 5.69 Å². The van der Waals surface area contributed by atoms with E-state index in [0.29, 0.717) is 40.1 Å². The molecule has 0 aliphatic carbocycles. The molecule has 12 heteroatoms. The molecule has 0 spiro atoms. The molecule has 1 aliphatic heterocycles. The van der Waals surface area contributed by atoms with Crippen molar-refractivity contribution in [1.82, 2.24) is 19.5 Å². The van der Waals surface area contributed by atoms with Gasteiger partial charge >= 0.3 is 6.03 Å². The van der Waals surface area contributed by atoms with Gasteiger partial charge in [-0.1, -0.05) is 46.9 Å². The van der Waals surface area contributed by atoms with E-state index in [0.717, 1.165) is 27.7 Å². The van der Waals surface area contributed by atoms with Gasteiger partial charge in [0.2, 0.25) is 0 Å². The number of halogens is 3. The Balaban J connectivity index is 1.32. The number of urea groups is 1. The number of carbonyl (C=O) groups excluding carboxylic acids is 2. The van der Waals surface area contributed by atoms with Crippen LogP contribution in [0.5, 0.6) is 0 Å². The second-order valence-electron chi connectivity index (χ2n) is 9.15. The van der Waals surface area contributed by atoms with Crippen LogP contribution in [-0.2, 0) is 22.9 Å². The Morgan fingerprint density at radius 3 is 2.36 bits per heavy atom. The number of nitrogens with zero attached hydrogens (tertiary/aromatic N) is 2. The number of hydrogen-bond donors (Lipinski definition) is 2. The van der Waals surface area contributed by atoms with Crippen LogP contribution in [0.4, 0.5) is 4.79 Å². The number of hydrogen-bond acceptors (Lipinski definition) is 4. The first-order valence-electron chi connectivity index (χ1n) is 12.0. The van der Waals surface area contributed by atoms with Crippen LogP contribution in [0.15, 0.2) is 65.6 Å². The maximum Gasteiger partial charge on any atom is 0.328 e. The van der Waals surface area contributed by atoms with Crippen LogP contribution >= 0.6 is 34.8 Å². The molecule has 3 aromatic carbocycles. The average molecular weight is 606 g/mol. The third-order valence-corrected chi connectivity index (χ3v) is 8.69. The normalized spacial score (nSPS) is 13.4. The van der Waals surface area contributed by atoms with Crippen molar-refractivity contribution in [2.45, 2.75) is 17.7 Å². The number of sulfonamides is 1. The van der Waals surface area contributed by atoms with E-state index in [-0.39, 0.29) is 17.3 Å². The molecule has 1 aromatic heterocycles. The van der Waals surface area contributed by atoms with Crippen LogP contribution in [0.1, 0.15) is 21.6 Å². The van der Waals surface area contributed by atoms with Crippen molar-refractivity contribution >= 4 is 67.7 Å². The van der Waals surface area contributed by atoms with Gasteiger partial charge in [0.15, 0.2) is 0 Å². The van der Waals surface area contributed by atoms with E-state index in [4.69, 9.17) is 34.8 Å². The van der Waals surface area contributed by atoms with Crippen LogP contribution < -0.4 is 10.0 Å². The molecule has 8 nitrogen and oxygen atoms in total. The fourth-order valence-corrected chi connectivity index (χ4v) is 6.32. The predicted molar refractivity (Wildman–Crippen MR) is 153 cm³/mol. The Hall–Kier alpha value is -3.24. The first kappa shape index (κ1) is 27.3. The number of likely N-dealkylation sites (N-methyl/N-ethyl adjacent to an activating group) is 1. The van der Waals surface area contributed by atoms with Gasteiger partial charge in [0.25, 0.3) is 15.9 Å². The lowest BCUT2D eigenvalue weighted by Gasteiger charge is -2.24. The highest BCUT2D eigenvalue weighted by molar-refractivity contribution is 7.90. The van der Waals surface area contributed by atoms with Gasteiger partial charge < -0.3 is 14.8 Å². The Labute approximate surface area is 240 Å². The molecular weight excluding hydrogens is 583 g/mol. The fraction of sp³-hybridized carbons (Fsp3) is 0.185. The lowest BCUT2D eigenvalue weighted by atomic mass is 10.0. The molecular formula is C27H23Cl3N4O4S. The van der Waals surface area contributed by atoms with Gasteiger partial charge in [-0.2, -0.15) is 0 Å². The van der Waals surface area contributed by atoms with Crippen LogP contribution in [0.25, 0.3) is 16.6 Å². The molecule has 202 valence electrons. The molecule has 2 heterocycles. The van der Waals surface area contributed by atoms with E-state index in [2.05, 4.69) is 5.32 Å². The van der Waals surface area contributed by atoms with E-state index in [1.807, 2.05) is 39.6 Å². The largest absolute Gasteiger partial charge is 0.340 e. The molecule has 0 radical (unpaired) electrons. The molecule has 39 heavy (non-hydrogen) atoms. The predicted octanol–water partition coefficient (Wildman–Crippen LogP) is 5.45. The summed E-state index contributed by atoms with van der Waals surface area (Å²) in [4.78, 5) is 27.0. The summed E-state index contributed by atoms with van der Waals surface area (Å²) in [6, 6.07) is 15.7. The molecule has 0 fully saturated rings. The van der Waals surface area contributed by atoms with Crippen LogP contribution in [0.2, 0.25) is 15.1 Å². The average Bonchev–Trinajstić information content (AvgIpc) is 3.21. The molecule has 3 amide bonds. The monoisotopic (exact) mass is 604 g/mol. The number of fused-ring (bicyclic) bond motifs is 3. The van der Waals surface area contributed by atoms with Crippen LogP contribution in [-0.4, -0.2) is 50.0 Å². The first-order chi connectivity index (χ1) is 18.5. The zero-order chi connectivity index (χ0) is 27.9. The Bertz CT molecular complexity index is 1700. The zero-order valence-electron chi connectivity index (χ0n) is 20.7. The molecule has 0 bridgehead atoms. The number of rotatable bonds is 6. The van der Waals surface area contributed by atoms with Gasteiger partial charge in [-0.25, -0.2) is 17.9 Å². The van der Waals surface area contributed by atoms with Gasteiger partial charge in [-0.05, 0) is 72.5 Å². The second-order valence-corrected chi connectivity index (χ2v) is 12.1. The summed E-state index contributed by atoms with van der Waals surface area (Å²) in [5.41, 5.74) is 3.91. The third kappa shape index (κ3) is 5.45. The van der Waals surface area contributed by atoms with E-state index in [1.165, 1.54) is 24.3 Å². The van der Waals surface area contributed by atoms with Crippen LogP contribution in [0, 0.1) is 0 Å². The minimum atomic E-state index is -4.02. The van der Waals surface area contributed by atoms with Gasteiger partial charge in [0.05, 0.1) is 15.4 Å². The number of benzene rings is 3. The zero-order valence-corrected chi connectivity index (χ0v) is 23.8. The minimum Gasteiger partial charge on any atom is -0.340 e. The molecule has 4 aromatic rings. The highest BCUT2D eigenvalue weighted by atomic mass is 35.5. The topological polar surface area (TPSA) is 101 Å². The third-order valence-electron chi connectivity index (χ3n) is 6.58. The number of aromatic nitrogens is 1. The van der Waals surface area contributed by atoms with Crippen molar-refractivity contribution in [3.63, 3.8) is 0 Å². The molecule has 0 saturated heterocycles. The van der Waals surface area contributed by atoms with E-state index < -0.39 is 16.1 Å². The molecule has 0 unspecified atom stereocenters. The Kier molecular flexibility index (Phi) is 7.52. The molecule has 1 aliphatic rings. The summed E-state index contributed by atoms with van der Waals surface area (Å²) in [5, 5.41) is 4.75. The highest BCUT2D eigenvalue weighted by Crippen LogP contribution is 2.39. The van der Waals surface area contributed by atoms with Crippen molar-refractivity contribution < 1.29 is 18.0 Å². The highest BCUT2D eigenvalue weighted by Gasteiger charge is 2.31. The van der Waals surface area contributed by atoms with Crippen molar-refractivity contribution in [2.24, 2.45) is 0 Å². The maximum absolute atomic E-state index is 13.2. The SMILES string of the molecule is CN1CCc2c(n(-c3ccc(CCNC(=O)NS(=O)(=O)c4ccc(Cl)cc4)cc3)c3cc(Cl)cc(Cl)c23)C1=O. The smallest absolute Gasteiger partial charge is 0.328 e. The lowest BCUT2D eigenvalue weighted by molar-refractivity contribution is 0.0773. The van der Waals surface area contributed by atoms with E-state index in [9.17, 15) is 18.0 Å². The minimum absolute atomic E-state index is 0.0652. The number of amides is 3. The fourth-order valence-electron chi connectivity index (χ4n) is 4.67. The van der Waals surface area contributed by atoms with Crippen molar-refractivity contribution in [3.8, 4) is 5.69 Å². The van der Waals surface area contributed by atoms with E-state index in [1.54, 1.807) is 18.0 Å². The van der Waals surface area contributed by atoms with Crippen LogP contribution in [0.3, 0.4) is 0 Å². The Morgan fingerprint density at radius 2 is 1.67 bits per heavy atom. The first-order valence-corrected chi connectivity index (χ1v) is 14.6. The summed E-state index contributed by atoms with van der Waals surface area (Å²) >= 11 is 18.7. The molecule has 5 rings (SSSR count). The summed E-state index contributed by atoms with van der Waals surface area (Å²) in [5.74, 6) is -0.0903. The summed E-state index contributed by atoms with van der Waals surface area (Å²) in [6.07, 6.45) is 1.14. The number of carbonyl (C=O) groups is 2. The summed E-state index contributed by atoms with van der Waals surface area (Å²) in [7, 11) is -2.24. The lowest BCUT2D eigenvalue weighted by Crippen LogP contribution is -2.40. The standard InChI is InChI=1S/C27H23Cl3N4O4S/c1-33-13-11-21-24-22(30)14-18(29)15-23(24)34(25(21)26(33)35)19-6-2-16(3-7-19)10-12-31-27(36)32-39(37,38)20-8-4-17(28)5-9-20/h2-9,14-15H,10-13H2,1H3,(H2,31,32,36). The summed E-state index contributed by atoms with van der Waals surface area (Å²) in [6.45, 7) is 0.808. The molecule has 0 atom stereocenters. The molecule has 2 N–H and O–H groups in total. The van der Waals surface area contributed by atoms with Crippen molar-refractivity contribution in [1.29, 1.82) is 0 Å². The molecule has 0 saturated carbocycles. The summed E-state index contributed by atoms with van der Waals surface area (Å²) < 4.78 is 28.6. The van der Waals surface area contributed by atoms with Gasteiger partial charge in [0, 0.05) is 41.3 Å². The van der Waals surface area contributed by atoms with Gasteiger partial charge in [-0.15, -0.1) is 0 Å². The Morgan fingerprint density at radius 1 is 0.974 bits per heavy atom. The van der Waals surface area contributed by atoms with E-state index >= 15 is 0 Å². The van der Waals surface area contributed by atoms with Crippen molar-refractivity contribution in [2.75, 3.05) is 20.1 Å².